The third kappa shape index (κ3) is 5.17. The van der Waals surface area contributed by atoms with Crippen molar-refractivity contribution in [3.8, 4) is 0 Å². The van der Waals surface area contributed by atoms with Gasteiger partial charge in [0.25, 0.3) is 0 Å². The molecule has 0 aliphatic carbocycles. The maximum Gasteiger partial charge on any atom is 0.185 e. The van der Waals surface area contributed by atoms with Gasteiger partial charge in [0, 0.05) is 22.3 Å². The Morgan fingerprint density at radius 2 is 1.93 bits per heavy atom. The first kappa shape index (κ1) is 11.7. The van der Waals surface area contributed by atoms with Crippen molar-refractivity contribution in [1.82, 2.24) is 0 Å². The van der Waals surface area contributed by atoms with Gasteiger partial charge < -0.3 is 11.5 Å². The van der Waals surface area contributed by atoms with Gasteiger partial charge in [-0.25, -0.2) is 0 Å². The van der Waals surface area contributed by atoms with Gasteiger partial charge in [0.05, 0.1) is 6.54 Å². The fourth-order valence-electron chi connectivity index (χ4n) is 1.11. The van der Waals surface area contributed by atoms with Crippen LogP contribution in [0.15, 0.2) is 35.3 Å². The maximum absolute atomic E-state index is 11.6. The second kappa shape index (κ2) is 6.19. The quantitative estimate of drug-likeness (QED) is 0.555. The Hall–Kier alpha value is -1.36. The van der Waals surface area contributed by atoms with Crippen LogP contribution >= 0.6 is 0 Å². The van der Waals surface area contributed by atoms with E-state index in [0.717, 1.165) is 5.56 Å². The van der Waals surface area contributed by atoms with Gasteiger partial charge in [0.2, 0.25) is 0 Å². The standard InChI is InChI=1S/C10H15N3OS/c11-10(12)13-6-7-15(14)8-9-4-2-1-3-5-9/h1-5H,6-8H2,(H4,11,12,13). The summed E-state index contributed by atoms with van der Waals surface area (Å²) >= 11 is 0. The number of hydrogen-bond donors (Lipinski definition) is 2. The van der Waals surface area contributed by atoms with Crippen LogP contribution in [-0.4, -0.2) is 22.5 Å². The smallest absolute Gasteiger partial charge is 0.185 e. The molecule has 0 fully saturated rings. The van der Waals surface area contributed by atoms with E-state index >= 15 is 0 Å². The molecule has 1 aromatic rings. The molecule has 4 nitrogen and oxygen atoms in total. The summed E-state index contributed by atoms with van der Waals surface area (Å²) in [4.78, 5) is 3.79. The average molecular weight is 225 g/mol. The molecule has 1 unspecified atom stereocenters. The van der Waals surface area contributed by atoms with Gasteiger partial charge in [0.15, 0.2) is 5.96 Å². The van der Waals surface area contributed by atoms with Gasteiger partial charge >= 0.3 is 0 Å². The molecule has 0 bridgehead atoms. The number of benzene rings is 1. The van der Waals surface area contributed by atoms with Gasteiger partial charge in [-0.15, -0.1) is 0 Å². The highest BCUT2D eigenvalue weighted by molar-refractivity contribution is 7.84. The topological polar surface area (TPSA) is 81.5 Å². The summed E-state index contributed by atoms with van der Waals surface area (Å²) in [5.74, 6) is 1.10. The van der Waals surface area contributed by atoms with E-state index in [9.17, 15) is 4.21 Å². The lowest BCUT2D eigenvalue weighted by Gasteiger charge is -2.00. The van der Waals surface area contributed by atoms with E-state index in [-0.39, 0.29) is 5.96 Å². The first-order valence-corrected chi connectivity index (χ1v) is 6.11. The minimum atomic E-state index is -0.906. The van der Waals surface area contributed by atoms with Gasteiger partial charge in [-0.1, -0.05) is 30.3 Å². The molecule has 1 atom stereocenters. The maximum atomic E-state index is 11.6. The monoisotopic (exact) mass is 225 g/mol. The third-order valence-corrected chi connectivity index (χ3v) is 3.08. The summed E-state index contributed by atoms with van der Waals surface area (Å²) in [7, 11) is -0.906. The van der Waals surface area contributed by atoms with Gasteiger partial charge in [-0.3, -0.25) is 9.20 Å². The Labute approximate surface area is 91.8 Å². The Morgan fingerprint density at radius 1 is 1.27 bits per heavy atom. The van der Waals surface area contributed by atoms with Crippen molar-refractivity contribution >= 4 is 16.8 Å². The molecule has 0 aliphatic heterocycles. The van der Waals surface area contributed by atoms with E-state index in [1.165, 1.54) is 0 Å². The fraction of sp³-hybridized carbons (Fsp3) is 0.300. The van der Waals surface area contributed by atoms with Crippen LogP contribution in [0.1, 0.15) is 5.56 Å². The molecule has 0 spiro atoms. The predicted octanol–water partition coefficient (Wildman–Crippen LogP) is 0.209. The van der Waals surface area contributed by atoms with E-state index in [1.807, 2.05) is 30.3 Å². The fourth-order valence-corrected chi connectivity index (χ4v) is 2.11. The molecule has 1 rings (SSSR count). The van der Waals surface area contributed by atoms with Crippen LogP contribution in [0.5, 0.6) is 0 Å². The Bertz CT molecular complexity index is 347. The molecule has 0 heterocycles. The number of nitrogens with two attached hydrogens (primary N) is 2. The van der Waals surface area contributed by atoms with Crippen LogP contribution in [-0.2, 0) is 16.6 Å². The SMILES string of the molecule is NC(N)=NCCS(=O)Cc1ccccc1. The summed E-state index contributed by atoms with van der Waals surface area (Å²) in [6, 6.07) is 9.72. The molecule has 0 radical (unpaired) electrons. The van der Waals surface area contributed by atoms with E-state index in [2.05, 4.69) is 4.99 Å². The lowest BCUT2D eigenvalue weighted by Crippen LogP contribution is -2.23. The molecule has 15 heavy (non-hydrogen) atoms. The number of hydrogen-bond acceptors (Lipinski definition) is 2. The Balaban J connectivity index is 2.34. The van der Waals surface area contributed by atoms with Crippen LogP contribution < -0.4 is 11.5 Å². The molecule has 0 aromatic heterocycles. The first-order chi connectivity index (χ1) is 7.18. The van der Waals surface area contributed by atoms with Crippen molar-refractivity contribution in [1.29, 1.82) is 0 Å². The summed E-state index contributed by atoms with van der Waals surface area (Å²) in [5, 5.41) is 0. The molecule has 0 saturated carbocycles. The lowest BCUT2D eigenvalue weighted by atomic mass is 10.2. The lowest BCUT2D eigenvalue weighted by molar-refractivity contribution is 0.682. The number of aliphatic imine (C=N–C) groups is 1. The third-order valence-electron chi connectivity index (χ3n) is 1.78. The van der Waals surface area contributed by atoms with Crippen LogP contribution in [0.2, 0.25) is 0 Å². The van der Waals surface area contributed by atoms with E-state index in [4.69, 9.17) is 11.5 Å². The summed E-state index contributed by atoms with van der Waals surface area (Å²) in [5.41, 5.74) is 11.4. The highest BCUT2D eigenvalue weighted by Gasteiger charge is 2.00. The van der Waals surface area contributed by atoms with Crippen LogP contribution in [0.25, 0.3) is 0 Å². The zero-order valence-corrected chi connectivity index (χ0v) is 9.24. The predicted molar refractivity (Wildman–Crippen MR) is 63.8 cm³/mol. The molecule has 0 aliphatic rings. The summed E-state index contributed by atoms with van der Waals surface area (Å²) in [6.07, 6.45) is 0. The second-order valence-electron chi connectivity index (χ2n) is 3.08. The summed E-state index contributed by atoms with van der Waals surface area (Å²) in [6.45, 7) is 0.418. The molecule has 0 saturated heterocycles. The van der Waals surface area contributed by atoms with Crippen LogP contribution in [0.4, 0.5) is 0 Å². The zero-order valence-electron chi connectivity index (χ0n) is 8.43. The highest BCUT2D eigenvalue weighted by Crippen LogP contribution is 2.02. The number of rotatable bonds is 5. The van der Waals surface area contributed by atoms with E-state index in [0.29, 0.717) is 18.1 Å². The van der Waals surface area contributed by atoms with Gasteiger partial charge in [0.1, 0.15) is 0 Å². The van der Waals surface area contributed by atoms with Crippen LogP contribution in [0.3, 0.4) is 0 Å². The molecular formula is C10H15N3OS. The van der Waals surface area contributed by atoms with Crippen molar-refractivity contribution in [2.45, 2.75) is 5.75 Å². The van der Waals surface area contributed by atoms with Gasteiger partial charge in [-0.2, -0.15) is 0 Å². The molecule has 82 valence electrons. The van der Waals surface area contributed by atoms with E-state index < -0.39 is 10.8 Å². The van der Waals surface area contributed by atoms with Crippen LogP contribution in [0, 0.1) is 0 Å². The number of guanidine groups is 1. The zero-order chi connectivity index (χ0) is 11.1. The average Bonchev–Trinajstić information content (AvgIpc) is 2.18. The van der Waals surface area contributed by atoms with E-state index in [1.54, 1.807) is 0 Å². The first-order valence-electron chi connectivity index (χ1n) is 4.63. The minimum absolute atomic E-state index is 0.0479. The molecule has 1 aromatic carbocycles. The Morgan fingerprint density at radius 3 is 2.53 bits per heavy atom. The van der Waals surface area contributed by atoms with Gasteiger partial charge in [-0.05, 0) is 5.56 Å². The van der Waals surface area contributed by atoms with Crippen molar-refractivity contribution in [2.24, 2.45) is 16.5 Å². The van der Waals surface area contributed by atoms with Crippen molar-refractivity contribution in [3.05, 3.63) is 35.9 Å². The summed E-state index contributed by atoms with van der Waals surface area (Å²) < 4.78 is 11.6. The minimum Gasteiger partial charge on any atom is -0.370 e. The highest BCUT2D eigenvalue weighted by atomic mass is 32.2. The molecular weight excluding hydrogens is 210 g/mol. The molecule has 0 amide bonds. The second-order valence-corrected chi connectivity index (χ2v) is 4.66. The molecule has 5 heteroatoms. The molecule has 4 N–H and O–H groups in total. The van der Waals surface area contributed by atoms with Crippen molar-refractivity contribution in [2.75, 3.05) is 12.3 Å². The van der Waals surface area contributed by atoms with Crippen molar-refractivity contribution < 1.29 is 4.21 Å². The van der Waals surface area contributed by atoms with Crippen molar-refractivity contribution in [3.63, 3.8) is 0 Å². The largest absolute Gasteiger partial charge is 0.370 e. The normalized spacial score (nSPS) is 12.0. The number of nitrogens with zero attached hydrogens (tertiary/aromatic N) is 1. The Kier molecular flexibility index (Phi) is 4.83.